The Hall–Kier alpha value is -0.313. The Morgan fingerprint density at radius 1 is 1.38 bits per heavy atom. The minimum atomic E-state index is -0.303. The highest BCUT2D eigenvalue weighted by Gasteiger charge is 2.26. The second kappa shape index (κ2) is 4.27. The van der Waals surface area contributed by atoms with Crippen molar-refractivity contribution in [3.63, 3.8) is 0 Å². The number of carbonyl (C=O) groups excluding carboxylic acids is 1. The SMILES string of the molecule is CC(C)(C)OC(=O)C1CCCC[SiH2]1. The zero-order valence-corrected chi connectivity index (χ0v) is 10.3. The summed E-state index contributed by atoms with van der Waals surface area (Å²) in [4.78, 5) is 11.6. The molecular formula is C10H20O2Si. The van der Waals surface area contributed by atoms with Crippen molar-refractivity contribution >= 4 is 15.5 Å². The van der Waals surface area contributed by atoms with Gasteiger partial charge in [0.2, 0.25) is 0 Å². The fraction of sp³-hybridized carbons (Fsp3) is 0.900. The van der Waals surface area contributed by atoms with E-state index in [0.717, 1.165) is 6.42 Å². The molecule has 1 saturated heterocycles. The third-order valence-electron chi connectivity index (χ3n) is 2.35. The third-order valence-corrected chi connectivity index (χ3v) is 4.69. The van der Waals surface area contributed by atoms with Gasteiger partial charge in [-0.1, -0.05) is 18.9 Å². The van der Waals surface area contributed by atoms with E-state index >= 15 is 0 Å². The van der Waals surface area contributed by atoms with E-state index in [9.17, 15) is 4.79 Å². The van der Waals surface area contributed by atoms with Gasteiger partial charge in [0.1, 0.15) is 5.60 Å². The number of hydrogen-bond donors (Lipinski definition) is 0. The molecule has 2 nitrogen and oxygen atoms in total. The predicted octanol–water partition coefficient (Wildman–Crippen LogP) is 1.89. The van der Waals surface area contributed by atoms with E-state index in [2.05, 4.69) is 0 Å². The Balaban J connectivity index is 2.38. The van der Waals surface area contributed by atoms with Gasteiger partial charge in [0.15, 0.2) is 0 Å². The van der Waals surface area contributed by atoms with Crippen LogP contribution in [0.5, 0.6) is 0 Å². The first kappa shape index (κ1) is 10.8. The second-order valence-corrected chi connectivity index (χ2v) is 7.14. The molecule has 1 rings (SSSR count). The molecule has 1 unspecified atom stereocenters. The first-order valence-corrected chi connectivity index (χ1v) is 7.03. The summed E-state index contributed by atoms with van der Waals surface area (Å²) >= 11 is 0. The zero-order chi connectivity index (χ0) is 9.90. The van der Waals surface area contributed by atoms with Crippen LogP contribution < -0.4 is 0 Å². The number of carbonyl (C=O) groups is 1. The summed E-state index contributed by atoms with van der Waals surface area (Å²) in [5.41, 5.74) is 0.0103. The summed E-state index contributed by atoms with van der Waals surface area (Å²) in [6.45, 7) is 5.82. The van der Waals surface area contributed by atoms with Crippen molar-refractivity contribution in [3.8, 4) is 0 Å². The summed E-state index contributed by atoms with van der Waals surface area (Å²) < 4.78 is 5.37. The van der Waals surface area contributed by atoms with E-state index < -0.39 is 0 Å². The lowest BCUT2D eigenvalue weighted by atomic mass is 10.1. The molecule has 1 aliphatic rings. The average Bonchev–Trinajstić information content (AvgIpc) is 2.03. The van der Waals surface area contributed by atoms with Gasteiger partial charge in [-0.25, -0.2) is 0 Å². The van der Waals surface area contributed by atoms with Crippen LogP contribution in [-0.2, 0) is 9.53 Å². The van der Waals surface area contributed by atoms with Gasteiger partial charge in [-0.3, -0.25) is 4.79 Å². The first-order valence-electron chi connectivity index (χ1n) is 5.22. The van der Waals surface area contributed by atoms with Crippen molar-refractivity contribution in [2.75, 3.05) is 0 Å². The van der Waals surface area contributed by atoms with Crippen molar-refractivity contribution in [3.05, 3.63) is 0 Å². The van der Waals surface area contributed by atoms with Crippen LogP contribution in [0.1, 0.15) is 40.0 Å². The topological polar surface area (TPSA) is 26.3 Å². The molecule has 0 spiro atoms. The standard InChI is InChI=1S/C10H20O2Si/c1-10(2,3)12-9(11)8-6-4-5-7-13-8/h8H,4-7,13H2,1-3H3. The number of hydrogen-bond acceptors (Lipinski definition) is 2. The molecule has 0 bridgehead atoms. The van der Waals surface area contributed by atoms with Gasteiger partial charge >= 0.3 is 5.97 Å². The van der Waals surface area contributed by atoms with Crippen LogP contribution in [-0.4, -0.2) is 21.1 Å². The number of esters is 1. The van der Waals surface area contributed by atoms with Gasteiger partial charge in [-0.05, 0) is 27.2 Å². The molecular weight excluding hydrogens is 180 g/mol. The summed E-state index contributed by atoms with van der Waals surface area (Å²) in [6, 6.07) is 1.32. The largest absolute Gasteiger partial charge is 0.460 e. The average molecular weight is 200 g/mol. The van der Waals surface area contributed by atoms with E-state index in [0.29, 0.717) is 5.54 Å². The van der Waals surface area contributed by atoms with E-state index in [-0.39, 0.29) is 21.1 Å². The van der Waals surface area contributed by atoms with Crippen molar-refractivity contribution in [2.24, 2.45) is 0 Å². The molecule has 0 amide bonds. The summed E-state index contributed by atoms with van der Waals surface area (Å²) in [7, 11) is -0.168. The van der Waals surface area contributed by atoms with E-state index in [1.165, 1.54) is 18.9 Å². The normalized spacial score (nSPS) is 25.9. The lowest BCUT2D eigenvalue weighted by molar-refractivity contribution is -0.154. The second-order valence-electron chi connectivity index (χ2n) is 4.87. The van der Waals surface area contributed by atoms with Crippen molar-refractivity contribution in [1.82, 2.24) is 0 Å². The highest BCUT2D eigenvalue weighted by Crippen LogP contribution is 2.25. The minimum Gasteiger partial charge on any atom is -0.460 e. The maximum absolute atomic E-state index is 11.6. The van der Waals surface area contributed by atoms with Crippen LogP contribution in [0.4, 0.5) is 0 Å². The molecule has 13 heavy (non-hydrogen) atoms. The van der Waals surface area contributed by atoms with Gasteiger partial charge in [0.25, 0.3) is 0 Å². The van der Waals surface area contributed by atoms with E-state index in [1.807, 2.05) is 20.8 Å². The fourth-order valence-corrected chi connectivity index (χ4v) is 3.75. The minimum absolute atomic E-state index is 0.0684. The quantitative estimate of drug-likeness (QED) is 0.477. The molecule has 76 valence electrons. The van der Waals surface area contributed by atoms with Crippen molar-refractivity contribution < 1.29 is 9.53 Å². The van der Waals surface area contributed by atoms with Crippen molar-refractivity contribution in [2.45, 2.75) is 57.2 Å². The molecule has 1 fully saturated rings. The molecule has 1 heterocycles. The summed E-state index contributed by atoms with van der Waals surface area (Å²) in [5.74, 6) is 0.0684. The number of ether oxygens (including phenoxy) is 1. The Morgan fingerprint density at radius 2 is 2.08 bits per heavy atom. The molecule has 0 aromatic carbocycles. The lowest BCUT2D eigenvalue weighted by Gasteiger charge is -2.25. The van der Waals surface area contributed by atoms with Crippen LogP contribution in [0, 0.1) is 0 Å². The third kappa shape index (κ3) is 3.94. The Bertz CT molecular complexity index is 178. The molecule has 1 atom stereocenters. The molecule has 0 N–H and O–H groups in total. The first-order chi connectivity index (χ1) is 5.99. The summed E-state index contributed by atoms with van der Waals surface area (Å²) in [5, 5.41) is 0. The molecule has 0 aromatic heterocycles. The molecule has 0 saturated carbocycles. The van der Waals surface area contributed by atoms with E-state index in [1.54, 1.807) is 0 Å². The van der Waals surface area contributed by atoms with Crippen LogP contribution in [0.15, 0.2) is 0 Å². The van der Waals surface area contributed by atoms with Crippen molar-refractivity contribution in [1.29, 1.82) is 0 Å². The summed E-state index contributed by atoms with van der Waals surface area (Å²) in [6.07, 6.45) is 3.64. The van der Waals surface area contributed by atoms with Gasteiger partial charge in [0, 0.05) is 15.1 Å². The Kier molecular flexibility index (Phi) is 3.53. The van der Waals surface area contributed by atoms with Crippen LogP contribution in [0.25, 0.3) is 0 Å². The van der Waals surface area contributed by atoms with E-state index in [4.69, 9.17) is 4.74 Å². The van der Waals surface area contributed by atoms with Gasteiger partial charge in [-0.2, -0.15) is 0 Å². The van der Waals surface area contributed by atoms with Crippen LogP contribution in [0.3, 0.4) is 0 Å². The Morgan fingerprint density at radius 3 is 2.54 bits per heavy atom. The molecule has 0 aromatic rings. The van der Waals surface area contributed by atoms with Crippen LogP contribution in [0.2, 0.25) is 11.6 Å². The maximum Gasteiger partial charge on any atom is 0.306 e. The monoisotopic (exact) mass is 200 g/mol. The van der Waals surface area contributed by atoms with Gasteiger partial charge < -0.3 is 4.74 Å². The number of rotatable bonds is 1. The highest BCUT2D eigenvalue weighted by atomic mass is 28.2. The Labute approximate surface area is 82.9 Å². The zero-order valence-electron chi connectivity index (χ0n) is 8.93. The molecule has 0 radical (unpaired) electrons. The highest BCUT2D eigenvalue weighted by molar-refractivity contribution is 6.43. The molecule has 0 aliphatic carbocycles. The molecule has 1 aliphatic heterocycles. The smallest absolute Gasteiger partial charge is 0.306 e. The molecule has 3 heteroatoms. The van der Waals surface area contributed by atoms with Gasteiger partial charge in [-0.15, -0.1) is 0 Å². The van der Waals surface area contributed by atoms with Gasteiger partial charge in [0.05, 0.1) is 0 Å². The fourth-order valence-electron chi connectivity index (χ4n) is 1.72. The lowest BCUT2D eigenvalue weighted by Crippen LogP contribution is -2.29. The maximum atomic E-state index is 11.6. The van der Waals surface area contributed by atoms with Crippen LogP contribution >= 0.6 is 0 Å². The predicted molar refractivity (Wildman–Crippen MR) is 56.8 cm³/mol.